The Hall–Kier alpha value is -2.05. The molecule has 0 aliphatic carbocycles. The first-order valence-corrected chi connectivity index (χ1v) is 4.19. The van der Waals surface area contributed by atoms with Crippen molar-refractivity contribution in [1.29, 1.82) is 0 Å². The zero-order chi connectivity index (χ0) is 11.3. The minimum Gasteiger partial charge on any atom is -0.479 e. The first-order chi connectivity index (χ1) is 7.11. The molecule has 2 N–H and O–H groups in total. The Labute approximate surface area is 85.6 Å². The van der Waals surface area contributed by atoms with Crippen molar-refractivity contribution >= 4 is 11.9 Å². The van der Waals surface area contributed by atoms with Crippen LogP contribution in [-0.4, -0.2) is 40.4 Å². The molecule has 0 atom stereocenters. The second-order valence-electron chi connectivity index (χ2n) is 2.73. The molecule has 15 heavy (non-hydrogen) atoms. The van der Waals surface area contributed by atoms with Gasteiger partial charge in [-0.25, -0.2) is 4.79 Å². The average Bonchev–Trinajstić information content (AvgIpc) is 2.62. The number of hydrogen-bond acceptors (Lipinski definition) is 4. The van der Waals surface area contributed by atoms with E-state index in [2.05, 4.69) is 10.4 Å². The van der Waals surface area contributed by atoms with Gasteiger partial charge in [0.05, 0.1) is 12.4 Å². The lowest BCUT2D eigenvalue weighted by molar-refractivity contribution is -0.139. The molecule has 0 bridgehead atoms. The maximum absolute atomic E-state index is 10.9. The predicted molar refractivity (Wildman–Crippen MR) is 49.4 cm³/mol. The highest BCUT2D eigenvalue weighted by Crippen LogP contribution is 2.07. The van der Waals surface area contributed by atoms with Gasteiger partial charge in [0.15, 0.2) is 12.4 Å². The number of aromatic nitrogens is 2. The van der Waals surface area contributed by atoms with Crippen LogP contribution in [0, 0.1) is 0 Å². The van der Waals surface area contributed by atoms with Crippen LogP contribution >= 0.6 is 0 Å². The molecular weight excluding hydrogens is 202 g/mol. The van der Waals surface area contributed by atoms with Gasteiger partial charge in [-0.1, -0.05) is 0 Å². The first kappa shape index (κ1) is 11.0. The third-order valence-corrected chi connectivity index (χ3v) is 1.56. The summed E-state index contributed by atoms with van der Waals surface area (Å²) in [6.45, 7) is -0.349. The molecule has 1 rings (SSSR count). The van der Waals surface area contributed by atoms with E-state index in [0.29, 0.717) is 5.75 Å². The molecule has 7 heteroatoms. The second kappa shape index (κ2) is 4.99. The summed E-state index contributed by atoms with van der Waals surface area (Å²) in [5, 5.41) is 14.6. The number of amides is 1. The number of carboxylic acids is 1. The van der Waals surface area contributed by atoms with Gasteiger partial charge < -0.3 is 15.2 Å². The van der Waals surface area contributed by atoms with Crippen molar-refractivity contribution in [2.45, 2.75) is 6.54 Å². The van der Waals surface area contributed by atoms with Crippen LogP contribution in [0.25, 0.3) is 0 Å². The molecule has 0 fully saturated rings. The number of carbonyl (C=O) groups is 2. The molecule has 82 valence electrons. The van der Waals surface area contributed by atoms with Crippen LogP contribution in [0.5, 0.6) is 5.75 Å². The summed E-state index contributed by atoms with van der Waals surface area (Å²) < 4.78 is 6.21. The molecule has 0 aliphatic rings. The fourth-order valence-corrected chi connectivity index (χ4v) is 0.877. The Balaban J connectivity index is 2.49. The van der Waals surface area contributed by atoms with Crippen LogP contribution in [-0.2, 0) is 16.1 Å². The largest absolute Gasteiger partial charge is 0.479 e. The Morgan fingerprint density at radius 2 is 2.40 bits per heavy atom. The number of likely N-dealkylation sites (N-methyl/N-ethyl adjacent to an activating group) is 1. The van der Waals surface area contributed by atoms with Crippen LogP contribution in [0.1, 0.15) is 0 Å². The molecule has 0 aromatic carbocycles. The van der Waals surface area contributed by atoms with E-state index < -0.39 is 12.6 Å². The van der Waals surface area contributed by atoms with Crippen molar-refractivity contribution in [3.63, 3.8) is 0 Å². The Morgan fingerprint density at radius 3 is 3.00 bits per heavy atom. The molecule has 7 nitrogen and oxygen atoms in total. The maximum atomic E-state index is 10.9. The zero-order valence-electron chi connectivity index (χ0n) is 8.14. The van der Waals surface area contributed by atoms with Crippen LogP contribution in [0.3, 0.4) is 0 Å². The van der Waals surface area contributed by atoms with E-state index in [0.717, 1.165) is 0 Å². The van der Waals surface area contributed by atoms with Crippen molar-refractivity contribution in [3.05, 3.63) is 12.4 Å². The third-order valence-electron chi connectivity index (χ3n) is 1.56. The molecule has 0 radical (unpaired) electrons. The highest BCUT2D eigenvalue weighted by atomic mass is 16.5. The highest BCUT2D eigenvalue weighted by molar-refractivity contribution is 5.75. The Kier molecular flexibility index (Phi) is 3.67. The van der Waals surface area contributed by atoms with Crippen molar-refractivity contribution in [3.8, 4) is 5.75 Å². The normalized spacial score (nSPS) is 9.67. The fraction of sp³-hybridized carbons (Fsp3) is 0.375. The summed E-state index contributed by atoms with van der Waals surface area (Å²) in [6, 6.07) is 0. The maximum Gasteiger partial charge on any atom is 0.341 e. The minimum atomic E-state index is -1.06. The van der Waals surface area contributed by atoms with Crippen LogP contribution < -0.4 is 10.1 Å². The van der Waals surface area contributed by atoms with Gasteiger partial charge in [-0.15, -0.1) is 0 Å². The van der Waals surface area contributed by atoms with Gasteiger partial charge in [-0.05, 0) is 0 Å². The van der Waals surface area contributed by atoms with E-state index in [1.165, 1.54) is 24.1 Å². The number of rotatable bonds is 5. The van der Waals surface area contributed by atoms with E-state index >= 15 is 0 Å². The van der Waals surface area contributed by atoms with Gasteiger partial charge in [-0.3, -0.25) is 9.48 Å². The lowest BCUT2D eigenvalue weighted by Gasteiger charge is -1.99. The Bertz CT molecular complexity index is 361. The molecule has 0 unspecified atom stereocenters. The number of hydrogen-bond donors (Lipinski definition) is 2. The zero-order valence-corrected chi connectivity index (χ0v) is 8.14. The molecule has 1 amide bonds. The second-order valence-corrected chi connectivity index (χ2v) is 2.73. The predicted octanol–water partition coefficient (Wildman–Crippen LogP) is -0.908. The molecule has 0 saturated heterocycles. The minimum absolute atomic E-state index is 0.0763. The van der Waals surface area contributed by atoms with Crippen LogP contribution in [0.15, 0.2) is 12.4 Å². The van der Waals surface area contributed by atoms with Crippen molar-refractivity contribution in [2.75, 3.05) is 13.7 Å². The van der Waals surface area contributed by atoms with Crippen molar-refractivity contribution in [2.24, 2.45) is 0 Å². The summed E-state index contributed by atoms with van der Waals surface area (Å²) in [6.07, 6.45) is 2.81. The molecule has 0 aliphatic heterocycles. The lowest BCUT2D eigenvalue weighted by Crippen LogP contribution is -2.23. The fourth-order valence-electron chi connectivity index (χ4n) is 0.877. The molecular formula is C8H11N3O4. The highest BCUT2D eigenvalue weighted by Gasteiger charge is 2.04. The van der Waals surface area contributed by atoms with Gasteiger partial charge in [0.25, 0.3) is 0 Å². The number of aliphatic carboxylic acids is 1. The van der Waals surface area contributed by atoms with E-state index in [1.807, 2.05) is 0 Å². The number of nitrogens with zero attached hydrogens (tertiary/aromatic N) is 2. The van der Waals surface area contributed by atoms with E-state index in [4.69, 9.17) is 9.84 Å². The number of carbonyl (C=O) groups excluding carboxylic acids is 1. The molecule has 0 spiro atoms. The number of carboxylic acid groups (broad SMARTS) is 1. The first-order valence-electron chi connectivity index (χ1n) is 4.19. The standard InChI is InChI=1S/C8H11N3O4/c1-9-7(12)4-11-3-6(2-10-11)15-5-8(13)14/h2-3H,4-5H2,1H3,(H,9,12)(H,13,14). The lowest BCUT2D eigenvalue weighted by atomic mass is 10.6. The van der Waals surface area contributed by atoms with Crippen molar-refractivity contribution < 1.29 is 19.4 Å². The summed E-state index contributed by atoms with van der Waals surface area (Å²) in [7, 11) is 1.52. The molecule has 1 heterocycles. The quantitative estimate of drug-likeness (QED) is 0.660. The molecule has 0 saturated carbocycles. The van der Waals surface area contributed by atoms with Gasteiger partial charge in [0.2, 0.25) is 5.91 Å². The van der Waals surface area contributed by atoms with Crippen LogP contribution in [0.2, 0.25) is 0 Å². The summed E-state index contributed by atoms with van der Waals surface area (Å²) in [5.41, 5.74) is 0. The van der Waals surface area contributed by atoms with E-state index in [9.17, 15) is 9.59 Å². The monoisotopic (exact) mass is 213 g/mol. The number of nitrogens with one attached hydrogen (secondary N) is 1. The molecule has 1 aromatic heterocycles. The molecule has 1 aromatic rings. The average molecular weight is 213 g/mol. The van der Waals surface area contributed by atoms with Gasteiger partial charge >= 0.3 is 5.97 Å². The smallest absolute Gasteiger partial charge is 0.341 e. The third kappa shape index (κ3) is 3.67. The van der Waals surface area contributed by atoms with Crippen molar-refractivity contribution in [1.82, 2.24) is 15.1 Å². The summed E-state index contributed by atoms with van der Waals surface area (Å²) in [4.78, 5) is 21.1. The van der Waals surface area contributed by atoms with Gasteiger partial charge in [0.1, 0.15) is 6.54 Å². The topological polar surface area (TPSA) is 93.5 Å². The SMILES string of the molecule is CNC(=O)Cn1cc(OCC(=O)O)cn1. The summed E-state index contributed by atoms with van der Waals surface area (Å²) >= 11 is 0. The number of ether oxygens (including phenoxy) is 1. The van der Waals surface area contributed by atoms with E-state index in [-0.39, 0.29) is 12.5 Å². The van der Waals surface area contributed by atoms with Crippen LogP contribution in [0.4, 0.5) is 0 Å². The van der Waals surface area contributed by atoms with Gasteiger partial charge in [-0.2, -0.15) is 5.10 Å². The van der Waals surface area contributed by atoms with E-state index in [1.54, 1.807) is 0 Å². The van der Waals surface area contributed by atoms with Gasteiger partial charge in [0, 0.05) is 7.05 Å². The summed E-state index contributed by atoms with van der Waals surface area (Å²) in [5.74, 6) is -0.932. The Morgan fingerprint density at radius 1 is 1.67 bits per heavy atom.